The van der Waals surface area contributed by atoms with Crippen molar-refractivity contribution in [1.82, 2.24) is 15.1 Å². The first-order valence-corrected chi connectivity index (χ1v) is 9.79. The topological polar surface area (TPSA) is 64.7 Å². The second kappa shape index (κ2) is 8.02. The summed E-state index contributed by atoms with van der Waals surface area (Å²) in [6.45, 7) is 2.80. The van der Waals surface area contributed by atoms with E-state index < -0.39 is 0 Å². The lowest BCUT2D eigenvalue weighted by Crippen LogP contribution is -2.54. The summed E-state index contributed by atoms with van der Waals surface area (Å²) in [7, 11) is 1.70. The highest BCUT2D eigenvalue weighted by Crippen LogP contribution is 2.40. The molecule has 0 bridgehead atoms. The number of rotatable bonds is 3. The number of nitrogens with one attached hydrogen (secondary N) is 2. The van der Waals surface area contributed by atoms with Crippen LogP contribution in [0.25, 0.3) is 0 Å². The predicted octanol–water partition coefficient (Wildman–Crippen LogP) is 2.36. The number of fused-ring (bicyclic) bond motifs is 1. The third-order valence-electron chi connectivity index (χ3n) is 5.89. The molecule has 3 amide bonds. The number of hydrogen-bond acceptors (Lipinski definition) is 3. The Hall–Kier alpha value is -2.86. The van der Waals surface area contributed by atoms with E-state index >= 15 is 0 Å². The number of benzene rings is 2. The molecule has 2 aromatic carbocycles. The Morgan fingerprint density at radius 3 is 2.29 bits per heavy atom. The van der Waals surface area contributed by atoms with Crippen molar-refractivity contribution in [3.05, 3.63) is 66.2 Å². The normalized spacial score (nSPS) is 24.5. The van der Waals surface area contributed by atoms with E-state index in [0.717, 1.165) is 24.3 Å². The highest BCUT2D eigenvalue weighted by molar-refractivity contribution is 5.89. The number of carbonyl (C=O) groups is 2. The highest BCUT2D eigenvalue weighted by Gasteiger charge is 2.48. The number of hydrogen-bond donors (Lipinski definition) is 2. The maximum atomic E-state index is 12.8. The molecule has 0 unspecified atom stereocenters. The molecule has 146 valence electrons. The predicted molar refractivity (Wildman–Crippen MR) is 109 cm³/mol. The van der Waals surface area contributed by atoms with E-state index in [1.807, 2.05) is 53.4 Å². The van der Waals surface area contributed by atoms with Crippen LogP contribution >= 0.6 is 0 Å². The molecule has 2 N–H and O–H groups in total. The van der Waals surface area contributed by atoms with Gasteiger partial charge in [0.15, 0.2) is 0 Å². The zero-order valence-corrected chi connectivity index (χ0v) is 16.0. The van der Waals surface area contributed by atoms with E-state index in [0.29, 0.717) is 13.1 Å². The van der Waals surface area contributed by atoms with Gasteiger partial charge in [0.05, 0.1) is 5.92 Å². The number of nitrogens with zero attached hydrogens (tertiary/aromatic N) is 2. The molecule has 4 rings (SSSR count). The summed E-state index contributed by atoms with van der Waals surface area (Å²) in [5.74, 6) is 0.0477. The smallest absolute Gasteiger partial charge is 0.321 e. The van der Waals surface area contributed by atoms with Gasteiger partial charge in [0.25, 0.3) is 0 Å². The number of para-hydroxylation sites is 1. The van der Waals surface area contributed by atoms with Crippen molar-refractivity contribution >= 4 is 17.6 Å². The fraction of sp³-hybridized carbons (Fsp3) is 0.364. The van der Waals surface area contributed by atoms with E-state index in [4.69, 9.17) is 0 Å². The minimum Gasteiger partial charge on any atom is -0.359 e. The molecular weight excluding hydrogens is 352 g/mol. The van der Waals surface area contributed by atoms with Crippen molar-refractivity contribution in [3.63, 3.8) is 0 Å². The fourth-order valence-corrected chi connectivity index (χ4v) is 4.52. The van der Waals surface area contributed by atoms with Gasteiger partial charge in [-0.25, -0.2) is 4.79 Å². The molecule has 2 aliphatic heterocycles. The Labute approximate surface area is 165 Å². The Bertz CT molecular complexity index is 827. The fourth-order valence-electron chi connectivity index (χ4n) is 4.52. The number of amides is 3. The van der Waals surface area contributed by atoms with Crippen LogP contribution in [-0.2, 0) is 4.79 Å². The van der Waals surface area contributed by atoms with E-state index in [9.17, 15) is 9.59 Å². The van der Waals surface area contributed by atoms with E-state index in [1.54, 1.807) is 7.05 Å². The van der Waals surface area contributed by atoms with Gasteiger partial charge in [0.2, 0.25) is 5.91 Å². The lowest BCUT2D eigenvalue weighted by Gasteiger charge is -2.39. The van der Waals surface area contributed by atoms with Crippen molar-refractivity contribution in [2.45, 2.75) is 12.0 Å². The average molecular weight is 378 g/mol. The van der Waals surface area contributed by atoms with Crippen LogP contribution in [0, 0.1) is 5.92 Å². The number of urea groups is 1. The first-order chi connectivity index (χ1) is 13.7. The van der Waals surface area contributed by atoms with Crippen molar-refractivity contribution < 1.29 is 9.59 Å². The SMILES string of the molecule is CNC(=O)[C@@H]1CN2CCN(C(=O)Nc3ccccc3)C[C@@H]2[C@H]1c1ccccc1. The number of anilines is 1. The van der Waals surface area contributed by atoms with Gasteiger partial charge in [-0.05, 0) is 17.7 Å². The molecule has 0 radical (unpaired) electrons. The highest BCUT2D eigenvalue weighted by atomic mass is 16.2. The lowest BCUT2D eigenvalue weighted by atomic mass is 9.83. The summed E-state index contributed by atoms with van der Waals surface area (Å²) < 4.78 is 0. The molecular formula is C22H26N4O2. The summed E-state index contributed by atoms with van der Waals surface area (Å²) in [4.78, 5) is 29.6. The van der Waals surface area contributed by atoms with E-state index in [1.165, 1.54) is 0 Å². The summed E-state index contributed by atoms with van der Waals surface area (Å²) in [6, 6.07) is 19.8. The molecule has 2 fully saturated rings. The molecule has 2 heterocycles. The third kappa shape index (κ3) is 3.60. The van der Waals surface area contributed by atoms with Crippen LogP contribution in [-0.4, -0.2) is 61.0 Å². The van der Waals surface area contributed by atoms with Crippen molar-refractivity contribution in [2.75, 3.05) is 38.5 Å². The first-order valence-electron chi connectivity index (χ1n) is 9.79. The van der Waals surface area contributed by atoms with Gasteiger partial charge < -0.3 is 15.5 Å². The molecule has 0 aromatic heterocycles. The molecule has 3 atom stereocenters. The van der Waals surface area contributed by atoms with Gasteiger partial charge in [-0.2, -0.15) is 0 Å². The largest absolute Gasteiger partial charge is 0.359 e. The molecule has 2 saturated heterocycles. The van der Waals surface area contributed by atoms with Gasteiger partial charge in [-0.15, -0.1) is 0 Å². The molecule has 2 aliphatic rings. The van der Waals surface area contributed by atoms with Crippen LogP contribution in [0.5, 0.6) is 0 Å². The van der Waals surface area contributed by atoms with Crippen LogP contribution in [0.1, 0.15) is 11.5 Å². The van der Waals surface area contributed by atoms with Crippen LogP contribution in [0.3, 0.4) is 0 Å². The Morgan fingerprint density at radius 1 is 0.929 bits per heavy atom. The molecule has 2 aromatic rings. The molecule has 0 aliphatic carbocycles. The van der Waals surface area contributed by atoms with Gasteiger partial charge >= 0.3 is 6.03 Å². The van der Waals surface area contributed by atoms with Gasteiger partial charge in [-0.1, -0.05) is 48.5 Å². The summed E-state index contributed by atoms with van der Waals surface area (Å²) in [5, 5.41) is 5.80. The Kier molecular flexibility index (Phi) is 5.30. The van der Waals surface area contributed by atoms with E-state index in [-0.39, 0.29) is 29.8 Å². The average Bonchev–Trinajstić information content (AvgIpc) is 3.13. The zero-order valence-electron chi connectivity index (χ0n) is 16.0. The van der Waals surface area contributed by atoms with Crippen LogP contribution < -0.4 is 10.6 Å². The van der Waals surface area contributed by atoms with Gasteiger partial charge in [0.1, 0.15) is 0 Å². The number of piperazine rings is 1. The maximum absolute atomic E-state index is 12.8. The van der Waals surface area contributed by atoms with Crippen molar-refractivity contribution in [1.29, 1.82) is 0 Å². The standard InChI is InChI=1S/C22H26N4O2/c1-23-21(27)18-14-25-12-13-26(22(28)24-17-10-6-3-7-11-17)15-19(25)20(18)16-8-4-2-5-9-16/h2-11,18-20H,12-15H2,1H3,(H,23,27)(H,24,28)/t18-,19-,20+/m1/s1. The van der Waals surface area contributed by atoms with Crippen molar-refractivity contribution in [3.8, 4) is 0 Å². The van der Waals surface area contributed by atoms with Gasteiger partial charge in [0, 0.05) is 50.9 Å². The second-order valence-electron chi connectivity index (χ2n) is 7.46. The minimum absolute atomic E-state index is 0.0727. The zero-order chi connectivity index (χ0) is 19.5. The molecule has 0 spiro atoms. The quantitative estimate of drug-likeness (QED) is 0.862. The molecule has 6 nitrogen and oxygen atoms in total. The monoisotopic (exact) mass is 378 g/mol. The number of carbonyl (C=O) groups excluding carboxylic acids is 2. The Morgan fingerprint density at radius 2 is 1.61 bits per heavy atom. The maximum Gasteiger partial charge on any atom is 0.321 e. The van der Waals surface area contributed by atoms with Crippen LogP contribution in [0.15, 0.2) is 60.7 Å². The Balaban J connectivity index is 1.54. The van der Waals surface area contributed by atoms with Crippen LogP contribution in [0.4, 0.5) is 10.5 Å². The van der Waals surface area contributed by atoms with Gasteiger partial charge in [-0.3, -0.25) is 9.69 Å². The minimum atomic E-state index is -0.102. The molecule has 6 heteroatoms. The lowest BCUT2D eigenvalue weighted by molar-refractivity contribution is -0.124. The molecule has 0 saturated carbocycles. The second-order valence-corrected chi connectivity index (χ2v) is 7.46. The van der Waals surface area contributed by atoms with Crippen molar-refractivity contribution in [2.24, 2.45) is 5.92 Å². The third-order valence-corrected chi connectivity index (χ3v) is 5.89. The first kappa shape index (κ1) is 18.5. The molecule has 28 heavy (non-hydrogen) atoms. The summed E-state index contributed by atoms with van der Waals surface area (Å²) in [5.41, 5.74) is 1.96. The van der Waals surface area contributed by atoms with Crippen LogP contribution in [0.2, 0.25) is 0 Å². The van der Waals surface area contributed by atoms with E-state index in [2.05, 4.69) is 27.7 Å². The summed E-state index contributed by atoms with van der Waals surface area (Å²) in [6.07, 6.45) is 0. The summed E-state index contributed by atoms with van der Waals surface area (Å²) >= 11 is 0.